The molecule has 100 heavy (non-hydrogen) atoms. The summed E-state index contributed by atoms with van der Waals surface area (Å²) in [5.74, 6) is 0. The number of benzene rings is 4. The summed E-state index contributed by atoms with van der Waals surface area (Å²) in [5.41, 5.74) is 45.6. The molecule has 11 aromatic rings. The van der Waals surface area contributed by atoms with E-state index in [1.54, 1.807) is 18.7 Å². The third-order valence-electron chi connectivity index (χ3n) is 16.0. The minimum Gasteiger partial charge on any atom is -0.354 e. The fraction of sp³-hybridized carbons (Fsp3) is 0.235. The molecule has 14 N–H and O–H groups in total. The van der Waals surface area contributed by atoms with Gasteiger partial charge in [-0.2, -0.15) is 0 Å². The molecule has 0 saturated heterocycles. The van der Waals surface area contributed by atoms with Crippen molar-refractivity contribution in [3.63, 3.8) is 0 Å². The molecule has 530 valence electrons. The van der Waals surface area contributed by atoms with Crippen molar-refractivity contribution in [2.24, 2.45) is 22.9 Å². The van der Waals surface area contributed by atoms with Gasteiger partial charge in [0.05, 0.1) is 71.7 Å². The molecule has 7 aromatic heterocycles. The topological polar surface area (TPSA) is 332 Å². The van der Waals surface area contributed by atoms with Crippen molar-refractivity contribution in [3.05, 3.63) is 214 Å². The highest BCUT2D eigenvalue weighted by Gasteiger charge is 2.20. The average molecular weight is 1520 g/mol. The van der Waals surface area contributed by atoms with Gasteiger partial charge in [0.15, 0.2) is 0 Å². The molecule has 2 aliphatic heterocycles. The molecule has 8 bridgehead atoms. The molecule has 4 aromatic carbocycles. The van der Waals surface area contributed by atoms with Crippen molar-refractivity contribution in [2.75, 3.05) is 26.2 Å². The second kappa shape index (κ2) is 39.9. The van der Waals surface area contributed by atoms with Gasteiger partial charge in [0.25, 0.3) is 0 Å². The van der Waals surface area contributed by atoms with E-state index in [2.05, 4.69) is 218 Å². The number of nitrogens with two attached hydrogens (primary N) is 4. The zero-order chi connectivity index (χ0) is 62.6. The van der Waals surface area contributed by atoms with E-state index in [0.29, 0.717) is 105 Å². The van der Waals surface area contributed by atoms with Crippen LogP contribution in [0.15, 0.2) is 146 Å². The maximum Gasteiger partial charge on any atom is 0.0964 e. The minimum atomic E-state index is 0. The Morgan fingerprint density at radius 2 is 0.490 bits per heavy atom. The van der Waals surface area contributed by atoms with Gasteiger partial charge in [-0.15, -0.1) is 120 Å². The van der Waals surface area contributed by atoms with E-state index in [-0.39, 0.29) is 99.3 Å². The number of aromatic amines is 2. The largest absolute Gasteiger partial charge is 0.354 e. The summed E-state index contributed by atoms with van der Waals surface area (Å²) >= 11 is 0. The highest BCUT2D eigenvalue weighted by Crippen LogP contribution is 2.39. The van der Waals surface area contributed by atoms with E-state index >= 15 is 0 Å². The van der Waals surface area contributed by atoms with Gasteiger partial charge in [-0.25, -0.2) is 9.97 Å². The predicted molar refractivity (Wildman–Crippen MR) is 417 cm³/mol. The Bertz CT molecular complexity index is 4000. The SMILES string of the molecule is Cl.Cl.Cl.Cl.Cl.Cl.Cl.Cl.NCCn1cc(CNCc2ccc(-c3c4nc(c(-c5ccc(CNCc6cn(CCN)nn6)cc5)c5ccc([nH]5)c(-c5ccc(CNCc6cn(CCN)nn6)cc5)c5nc(c(-c6ccc(CNCc7cn(CCN)nn7)cc6)c6ccc3[nH]6)C=C5)C=C4)cc2)nn1. The number of aromatic nitrogens is 16. The lowest BCUT2D eigenvalue weighted by atomic mass is 10.0. The number of nitrogens with one attached hydrogen (secondary N) is 6. The summed E-state index contributed by atoms with van der Waals surface area (Å²) in [6.07, 6.45) is 16.2. The van der Waals surface area contributed by atoms with Crippen LogP contribution < -0.4 is 44.2 Å². The molecule has 0 unspecified atom stereocenters. The first-order valence-electron chi connectivity index (χ1n) is 31.1. The van der Waals surface area contributed by atoms with E-state index < -0.39 is 0 Å². The third-order valence-corrected chi connectivity index (χ3v) is 16.0. The smallest absolute Gasteiger partial charge is 0.0964 e. The Morgan fingerprint density at radius 3 is 0.690 bits per heavy atom. The lowest BCUT2D eigenvalue weighted by Crippen LogP contribution is -2.13. The van der Waals surface area contributed by atoms with E-state index in [4.69, 9.17) is 32.9 Å². The van der Waals surface area contributed by atoms with Gasteiger partial charge in [-0.1, -0.05) is 118 Å². The van der Waals surface area contributed by atoms with Crippen LogP contribution in [0.5, 0.6) is 0 Å². The van der Waals surface area contributed by atoms with Crippen molar-refractivity contribution >= 4 is 146 Å². The second-order valence-corrected chi connectivity index (χ2v) is 22.8. The molecule has 0 amide bonds. The van der Waals surface area contributed by atoms with Crippen LogP contribution in [0.25, 0.3) is 90.9 Å². The maximum atomic E-state index is 5.76. The number of hydrogen-bond acceptors (Lipinski definition) is 18. The summed E-state index contributed by atoms with van der Waals surface area (Å²) in [5, 5.41) is 48.2. The molecule has 0 saturated carbocycles. The number of fused-ring (bicyclic) bond motifs is 8. The number of hydrogen-bond donors (Lipinski definition) is 10. The molecule has 0 fully saturated rings. The number of rotatable bonds is 28. The van der Waals surface area contributed by atoms with Crippen LogP contribution >= 0.6 is 99.3 Å². The van der Waals surface area contributed by atoms with Crippen LogP contribution in [0, 0.1) is 0 Å². The van der Waals surface area contributed by atoms with E-state index in [1.807, 2.05) is 24.8 Å². The monoisotopic (exact) mass is 1510 g/mol. The molecular weight excluding hydrogens is 1440 g/mol. The molecule has 24 nitrogen and oxygen atoms in total. The van der Waals surface area contributed by atoms with Crippen molar-refractivity contribution in [1.29, 1.82) is 0 Å². The van der Waals surface area contributed by atoms with Gasteiger partial charge in [0.1, 0.15) is 0 Å². The first kappa shape index (κ1) is 82.7. The normalized spacial score (nSPS) is 11.1. The molecule has 13 rings (SSSR count). The lowest BCUT2D eigenvalue weighted by Gasteiger charge is -2.09. The number of halogens is 8. The number of nitrogens with zero attached hydrogens (tertiary/aromatic N) is 14. The van der Waals surface area contributed by atoms with Crippen molar-refractivity contribution < 1.29 is 0 Å². The fourth-order valence-electron chi connectivity index (χ4n) is 11.6. The van der Waals surface area contributed by atoms with E-state index in [0.717, 1.165) is 134 Å². The summed E-state index contributed by atoms with van der Waals surface area (Å²) in [6, 6.07) is 43.4. The Kier molecular flexibility index (Phi) is 33.0. The second-order valence-electron chi connectivity index (χ2n) is 22.8. The molecule has 0 radical (unpaired) electrons. The Hall–Kier alpha value is -7.96. The van der Waals surface area contributed by atoms with Gasteiger partial charge in [-0.3, -0.25) is 18.7 Å². The van der Waals surface area contributed by atoms with E-state index in [9.17, 15) is 0 Å². The van der Waals surface area contributed by atoms with Gasteiger partial charge in [0.2, 0.25) is 0 Å². The molecule has 0 aliphatic carbocycles. The zero-order valence-corrected chi connectivity index (χ0v) is 60.8. The molecule has 0 atom stereocenters. The predicted octanol–water partition coefficient (Wildman–Crippen LogP) is 10.1. The first-order chi connectivity index (χ1) is 45.3. The minimum absolute atomic E-state index is 0. The Labute approximate surface area is 628 Å². The van der Waals surface area contributed by atoms with Crippen molar-refractivity contribution in [2.45, 2.75) is 78.5 Å². The average Bonchev–Trinajstić information content (AvgIpc) is 1.61. The summed E-state index contributed by atoms with van der Waals surface area (Å²) in [7, 11) is 0. The highest BCUT2D eigenvalue weighted by molar-refractivity contribution is 6.00. The first-order valence-corrected chi connectivity index (χ1v) is 31.1. The van der Waals surface area contributed by atoms with Gasteiger partial charge < -0.3 is 54.2 Å². The van der Waals surface area contributed by atoms with Crippen molar-refractivity contribution in [1.82, 2.24) is 101 Å². The van der Waals surface area contributed by atoms with Gasteiger partial charge in [-0.05, 0) is 93.1 Å². The Morgan fingerprint density at radius 1 is 0.280 bits per heavy atom. The van der Waals surface area contributed by atoms with Gasteiger partial charge in [0, 0.05) is 148 Å². The Balaban J connectivity index is 0.00000225. The van der Waals surface area contributed by atoms with E-state index in [1.165, 1.54) is 0 Å². The number of H-pyrrole nitrogens is 2. The van der Waals surface area contributed by atoms with Crippen LogP contribution in [0.4, 0.5) is 0 Å². The summed E-state index contributed by atoms with van der Waals surface area (Å²) in [4.78, 5) is 19.1. The van der Waals surface area contributed by atoms with Crippen LogP contribution in [0.1, 0.15) is 67.8 Å². The highest BCUT2D eigenvalue weighted by atomic mass is 35.5. The zero-order valence-electron chi connectivity index (χ0n) is 54.3. The van der Waals surface area contributed by atoms with Crippen molar-refractivity contribution in [3.8, 4) is 44.5 Å². The molecular formula is C68H82Cl8N24. The molecule has 32 heteroatoms. The van der Waals surface area contributed by atoms with Crippen LogP contribution in [-0.4, -0.2) is 106 Å². The lowest BCUT2D eigenvalue weighted by molar-refractivity contribution is 0.598. The molecule has 2 aliphatic rings. The third kappa shape index (κ3) is 20.2. The summed E-state index contributed by atoms with van der Waals surface area (Å²) < 4.78 is 7.08. The fourth-order valence-corrected chi connectivity index (χ4v) is 11.6. The molecule has 0 spiro atoms. The quantitative estimate of drug-likeness (QED) is 0.0218. The van der Waals surface area contributed by atoms with Crippen LogP contribution in [0.3, 0.4) is 0 Å². The maximum absolute atomic E-state index is 5.76. The van der Waals surface area contributed by atoms with Crippen LogP contribution in [-0.2, 0) is 78.5 Å². The molecule has 9 heterocycles. The summed E-state index contributed by atoms with van der Waals surface area (Å²) in [6.45, 7) is 9.34. The van der Waals surface area contributed by atoms with Crippen LogP contribution in [0.2, 0.25) is 0 Å². The van der Waals surface area contributed by atoms with Gasteiger partial charge >= 0.3 is 0 Å². The standard InChI is InChI=1S/C68H74N24.8ClH/c69-25-29-89-41-53(81-85-89)37-73-33-45-1-9-49(10-2-45)65-57-17-19-59(77-57)66(50-11-3-46(4-12-50)34-74-38-54-42-90(30-26-70)86-82-54)61-21-23-63(79-61)68(52-15-7-48(8-16-52)36-76-40-56-44-92(32-28-72)88-84-56)64-24-22-62(80-64)67(60-20-18-58(65)78-60)51-13-5-47(6-14-51)35-75-39-55-43-91(31-27-71)87-83-55;;;;;;;;/h1-24,41-44,73-77,80H,25-40,69-72H2;8*1H.